The van der Waals surface area contributed by atoms with Crippen LogP contribution in [-0.2, 0) is 6.54 Å². The van der Waals surface area contributed by atoms with Gasteiger partial charge in [0.2, 0.25) is 5.95 Å². The van der Waals surface area contributed by atoms with E-state index in [1.54, 1.807) is 6.20 Å². The highest BCUT2D eigenvalue weighted by molar-refractivity contribution is 14.1. The van der Waals surface area contributed by atoms with Crippen molar-refractivity contribution in [1.82, 2.24) is 15.0 Å². The van der Waals surface area contributed by atoms with Crippen molar-refractivity contribution in [3.05, 3.63) is 53.7 Å². The molecule has 0 radical (unpaired) electrons. The molecule has 0 spiro atoms. The molecular weight excluding hydrogens is 437 g/mol. The third-order valence-electron chi connectivity index (χ3n) is 4.57. The molecule has 0 saturated heterocycles. The van der Waals surface area contributed by atoms with E-state index in [-0.39, 0.29) is 0 Å². The molecule has 0 fully saturated rings. The summed E-state index contributed by atoms with van der Waals surface area (Å²) >= 11 is 2.33. The zero-order valence-corrected chi connectivity index (χ0v) is 17.6. The highest BCUT2D eigenvalue weighted by Crippen LogP contribution is 2.29. The minimum absolute atomic E-state index is 0.364. The third-order valence-corrected chi connectivity index (χ3v) is 5.37. The van der Waals surface area contributed by atoms with Crippen LogP contribution in [0, 0.1) is 6.92 Å². The average Bonchev–Trinajstić information content (AvgIpc) is 2.67. The maximum Gasteiger partial charge on any atom is 0.226 e. The Kier molecular flexibility index (Phi) is 6.24. The molecular formula is C20H24IN5. The first-order valence-corrected chi connectivity index (χ1v) is 9.96. The van der Waals surface area contributed by atoms with Gasteiger partial charge < -0.3 is 5.32 Å². The molecule has 2 heterocycles. The van der Waals surface area contributed by atoms with Crippen molar-refractivity contribution in [2.75, 3.05) is 8.43 Å². The Bertz CT molecular complexity index is 879. The number of aryl methyl sites for hydroxylation is 1. The smallest absolute Gasteiger partial charge is 0.226 e. The van der Waals surface area contributed by atoms with Crippen molar-refractivity contribution in [2.24, 2.45) is 0 Å². The number of pyridine rings is 1. The minimum Gasteiger partial charge on any atom is -0.351 e. The van der Waals surface area contributed by atoms with Gasteiger partial charge in [-0.2, -0.15) is 9.97 Å². The van der Waals surface area contributed by atoms with Crippen LogP contribution in [0.15, 0.2) is 42.6 Å². The van der Waals surface area contributed by atoms with Crippen molar-refractivity contribution < 1.29 is 0 Å². The number of fused-ring (bicyclic) bond motifs is 1. The van der Waals surface area contributed by atoms with Crippen LogP contribution >= 0.6 is 22.9 Å². The zero-order valence-electron chi connectivity index (χ0n) is 15.4. The summed E-state index contributed by atoms with van der Waals surface area (Å²) in [6.07, 6.45) is 3.85. The molecule has 0 aliphatic heterocycles. The number of anilines is 2. The minimum atomic E-state index is 0.364. The van der Waals surface area contributed by atoms with Gasteiger partial charge in [-0.25, -0.2) is 4.98 Å². The number of rotatable bonds is 7. The Morgan fingerprint density at radius 2 is 1.85 bits per heavy atom. The second-order valence-electron chi connectivity index (χ2n) is 6.35. The first-order chi connectivity index (χ1) is 12.6. The van der Waals surface area contributed by atoms with Crippen LogP contribution in [0.3, 0.4) is 0 Å². The monoisotopic (exact) mass is 461 g/mol. The standard InChI is InChI=1S/C20H24IN5/c1-4-16(5-2)23-20-24-18-17(11-8-12-22-18)19(25-20)26(21)13-15-10-7-6-9-14(15)3/h6-12,16H,4-5,13H2,1-3H3,(H,22,23,24,25). The van der Waals surface area contributed by atoms with E-state index in [4.69, 9.17) is 4.98 Å². The van der Waals surface area contributed by atoms with E-state index in [0.29, 0.717) is 12.0 Å². The molecule has 0 bridgehead atoms. The molecule has 5 nitrogen and oxygen atoms in total. The summed E-state index contributed by atoms with van der Waals surface area (Å²) in [5, 5.41) is 4.41. The van der Waals surface area contributed by atoms with Crippen molar-refractivity contribution in [3.8, 4) is 0 Å². The molecule has 6 heteroatoms. The molecule has 0 amide bonds. The quantitative estimate of drug-likeness (QED) is 0.383. The second-order valence-corrected chi connectivity index (χ2v) is 7.51. The SMILES string of the molecule is CCC(CC)Nc1nc(N(I)Cc2ccccc2C)c2cccnc2n1. The molecule has 0 saturated carbocycles. The van der Waals surface area contributed by atoms with E-state index in [0.717, 1.165) is 36.2 Å². The Hall–Kier alpha value is -1.96. The lowest BCUT2D eigenvalue weighted by molar-refractivity contribution is 0.665. The van der Waals surface area contributed by atoms with Gasteiger partial charge in [0.15, 0.2) is 11.5 Å². The van der Waals surface area contributed by atoms with Crippen molar-refractivity contribution in [3.63, 3.8) is 0 Å². The fraction of sp³-hybridized carbons (Fsp3) is 0.350. The molecule has 0 atom stereocenters. The zero-order chi connectivity index (χ0) is 18.5. The Morgan fingerprint density at radius 3 is 2.58 bits per heavy atom. The van der Waals surface area contributed by atoms with Crippen LogP contribution in [0.5, 0.6) is 0 Å². The molecule has 0 unspecified atom stereocenters. The van der Waals surface area contributed by atoms with Crippen LogP contribution < -0.4 is 8.43 Å². The van der Waals surface area contributed by atoms with Gasteiger partial charge >= 0.3 is 0 Å². The second kappa shape index (κ2) is 8.62. The summed E-state index contributed by atoms with van der Waals surface area (Å²) in [5.74, 6) is 1.53. The van der Waals surface area contributed by atoms with Crippen LogP contribution in [0.25, 0.3) is 11.0 Å². The fourth-order valence-corrected chi connectivity index (χ4v) is 3.62. The van der Waals surface area contributed by atoms with Crippen LogP contribution in [0.1, 0.15) is 37.8 Å². The Labute approximate surface area is 168 Å². The molecule has 2 aromatic heterocycles. The van der Waals surface area contributed by atoms with Gasteiger partial charge in [-0.15, -0.1) is 0 Å². The van der Waals surface area contributed by atoms with Gasteiger partial charge in [0.1, 0.15) is 0 Å². The van der Waals surface area contributed by atoms with Gasteiger partial charge in [0, 0.05) is 12.2 Å². The molecule has 136 valence electrons. The van der Waals surface area contributed by atoms with E-state index < -0.39 is 0 Å². The summed E-state index contributed by atoms with van der Waals surface area (Å²) < 4.78 is 2.14. The lowest BCUT2D eigenvalue weighted by Gasteiger charge is -2.21. The number of hydrogen-bond donors (Lipinski definition) is 1. The lowest BCUT2D eigenvalue weighted by Crippen LogP contribution is -2.20. The molecule has 0 aliphatic carbocycles. The van der Waals surface area contributed by atoms with Crippen molar-refractivity contribution in [2.45, 2.75) is 46.2 Å². The summed E-state index contributed by atoms with van der Waals surface area (Å²) in [7, 11) is 0. The van der Waals surface area contributed by atoms with Crippen LogP contribution in [-0.4, -0.2) is 21.0 Å². The number of benzene rings is 1. The highest BCUT2D eigenvalue weighted by atomic mass is 127. The molecule has 3 rings (SSSR count). The Morgan fingerprint density at radius 1 is 1.08 bits per heavy atom. The molecule has 0 aliphatic rings. The first-order valence-electron chi connectivity index (χ1n) is 8.99. The Balaban J connectivity index is 1.98. The number of nitrogens with one attached hydrogen (secondary N) is 1. The van der Waals surface area contributed by atoms with Gasteiger partial charge in [-0.3, -0.25) is 3.11 Å². The van der Waals surface area contributed by atoms with E-state index in [1.807, 2.05) is 12.1 Å². The van der Waals surface area contributed by atoms with E-state index in [2.05, 4.69) is 86.3 Å². The van der Waals surface area contributed by atoms with Crippen molar-refractivity contribution >= 4 is 45.7 Å². The van der Waals surface area contributed by atoms with Gasteiger partial charge in [-0.1, -0.05) is 38.1 Å². The number of halogens is 1. The number of aromatic nitrogens is 3. The normalized spacial score (nSPS) is 11.1. The van der Waals surface area contributed by atoms with Crippen LogP contribution in [0.2, 0.25) is 0 Å². The fourth-order valence-electron chi connectivity index (χ4n) is 2.88. The van der Waals surface area contributed by atoms with Gasteiger partial charge in [0.25, 0.3) is 0 Å². The summed E-state index contributed by atoms with van der Waals surface area (Å²) in [6.45, 7) is 7.26. The first kappa shape index (κ1) is 18.8. The summed E-state index contributed by atoms with van der Waals surface area (Å²) in [4.78, 5) is 13.9. The van der Waals surface area contributed by atoms with Crippen LogP contribution in [0.4, 0.5) is 11.8 Å². The predicted molar refractivity (Wildman–Crippen MR) is 117 cm³/mol. The van der Waals surface area contributed by atoms with Gasteiger partial charge in [-0.05, 0) is 43.0 Å². The number of hydrogen-bond acceptors (Lipinski definition) is 5. The molecule has 3 aromatic rings. The van der Waals surface area contributed by atoms with Gasteiger partial charge in [0.05, 0.1) is 34.8 Å². The summed E-state index contributed by atoms with van der Waals surface area (Å²) in [6, 6.07) is 12.8. The average molecular weight is 461 g/mol. The highest BCUT2D eigenvalue weighted by Gasteiger charge is 2.16. The van der Waals surface area contributed by atoms with Crippen molar-refractivity contribution in [1.29, 1.82) is 0 Å². The topological polar surface area (TPSA) is 53.9 Å². The maximum absolute atomic E-state index is 4.82. The molecule has 1 aromatic carbocycles. The van der Waals surface area contributed by atoms with E-state index in [9.17, 15) is 0 Å². The summed E-state index contributed by atoms with van der Waals surface area (Å²) in [5.41, 5.74) is 3.28. The van der Waals surface area contributed by atoms with E-state index >= 15 is 0 Å². The third kappa shape index (κ3) is 4.23. The maximum atomic E-state index is 4.82. The number of nitrogens with zero attached hydrogens (tertiary/aromatic N) is 4. The molecule has 1 N–H and O–H groups in total. The predicted octanol–water partition coefficient (Wildman–Crippen LogP) is 5.29. The molecule has 26 heavy (non-hydrogen) atoms. The van der Waals surface area contributed by atoms with E-state index in [1.165, 1.54) is 11.1 Å². The lowest BCUT2D eigenvalue weighted by atomic mass is 10.1. The largest absolute Gasteiger partial charge is 0.351 e.